The minimum absolute atomic E-state index is 0.0804. The van der Waals surface area contributed by atoms with Gasteiger partial charge in [0.1, 0.15) is 6.54 Å². The van der Waals surface area contributed by atoms with E-state index in [1.54, 1.807) is 12.0 Å². The highest BCUT2D eigenvalue weighted by Gasteiger charge is 2.38. The van der Waals surface area contributed by atoms with E-state index in [1.807, 2.05) is 24.3 Å². The van der Waals surface area contributed by atoms with Crippen LogP contribution in [0.4, 0.5) is 5.69 Å². The Balaban J connectivity index is 1.76. The molecule has 1 saturated heterocycles. The molecule has 2 heterocycles. The summed E-state index contributed by atoms with van der Waals surface area (Å²) in [6, 6.07) is 7.07. The number of hydrogen-bond donors (Lipinski definition) is 1. The summed E-state index contributed by atoms with van der Waals surface area (Å²) in [5.41, 5.74) is 0.731. The highest BCUT2D eigenvalue weighted by molar-refractivity contribution is 8.00. The van der Waals surface area contributed by atoms with Gasteiger partial charge in [-0.05, 0) is 18.6 Å². The number of methoxy groups -OCH3 is 1. The smallest absolute Gasteiger partial charge is 0.305 e. The quantitative estimate of drug-likeness (QED) is 0.845. The fraction of sp³-hybridized carbons (Fsp3) is 0.471. The van der Waals surface area contributed by atoms with Gasteiger partial charge in [-0.25, -0.2) is 0 Å². The molecule has 25 heavy (non-hydrogen) atoms. The van der Waals surface area contributed by atoms with Gasteiger partial charge in [-0.3, -0.25) is 14.4 Å². The van der Waals surface area contributed by atoms with E-state index in [-0.39, 0.29) is 30.9 Å². The molecule has 134 valence electrons. The highest BCUT2D eigenvalue weighted by Crippen LogP contribution is 2.35. The molecule has 8 heteroatoms. The number of carboxylic acid groups (broad SMARTS) is 1. The Bertz CT molecular complexity index is 695. The van der Waals surface area contributed by atoms with E-state index in [9.17, 15) is 14.4 Å². The van der Waals surface area contributed by atoms with Crippen molar-refractivity contribution >= 4 is 35.2 Å². The van der Waals surface area contributed by atoms with Gasteiger partial charge in [0, 0.05) is 24.6 Å². The van der Waals surface area contributed by atoms with E-state index >= 15 is 0 Å². The van der Waals surface area contributed by atoms with Gasteiger partial charge in [-0.2, -0.15) is 0 Å². The fourth-order valence-corrected chi connectivity index (χ4v) is 4.23. The number of benzene rings is 1. The topological polar surface area (TPSA) is 87.2 Å². The standard InChI is InChI=1S/C17H20N2O5S/c1-24-12-6-11(7-17(22)23)18(8-12)15(20)9-19-13-4-2-3-5-14(13)25-10-16(19)21/h2-5,11-12H,6-10H2,1H3,(H,22,23). The number of hydrogen-bond acceptors (Lipinski definition) is 5. The zero-order valence-corrected chi connectivity index (χ0v) is 14.7. The van der Waals surface area contributed by atoms with Gasteiger partial charge < -0.3 is 19.6 Å². The van der Waals surface area contributed by atoms with Gasteiger partial charge in [0.15, 0.2) is 0 Å². The number of carboxylic acids is 1. The Morgan fingerprint density at radius 3 is 2.84 bits per heavy atom. The second kappa shape index (κ2) is 7.45. The van der Waals surface area contributed by atoms with E-state index in [0.717, 1.165) is 10.6 Å². The van der Waals surface area contributed by atoms with Crippen molar-refractivity contribution in [2.75, 3.05) is 30.9 Å². The number of anilines is 1. The Kier molecular flexibility index (Phi) is 5.29. The molecule has 0 aliphatic carbocycles. The van der Waals surface area contributed by atoms with Crippen molar-refractivity contribution in [2.24, 2.45) is 0 Å². The first-order chi connectivity index (χ1) is 12.0. The molecule has 2 atom stereocenters. The number of para-hydroxylation sites is 1. The van der Waals surface area contributed by atoms with Crippen LogP contribution in [0.1, 0.15) is 12.8 Å². The van der Waals surface area contributed by atoms with E-state index < -0.39 is 12.0 Å². The number of fused-ring (bicyclic) bond motifs is 1. The monoisotopic (exact) mass is 364 g/mol. The van der Waals surface area contributed by atoms with Crippen LogP contribution in [0.5, 0.6) is 0 Å². The number of ether oxygens (including phenoxy) is 1. The van der Waals surface area contributed by atoms with Crippen molar-refractivity contribution in [3.8, 4) is 0 Å². The van der Waals surface area contributed by atoms with Crippen molar-refractivity contribution in [3.05, 3.63) is 24.3 Å². The average molecular weight is 364 g/mol. The molecule has 7 nitrogen and oxygen atoms in total. The number of carbonyl (C=O) groups is 3. The molecule has 2 aliphatic heterocycles. The van der Waals surface area contributed by atoms with Crippen LogP contribution in [0.15, 0.2) is 29.2 Å². The van der Waals surface area contributed by atoms with E-state index in [2.05, 4.69) is 0 Å². The van der Waals surface area contributed by atoms with Crippen LogP contribution in [0.2, 0.25) is 0 Å². The van der Waals surface area contributed by atoms with Crippen LogP contribution >= 0.6 is 11.8 Å². The zero-order valence-electron chi connectivity index (χ0n) is 13.9. The average Bonchev–Trinajstić information content (AvgIpc) is 2.99. The first kappa shape index (κ1) is 17.8. The largest absolute Gasteiger partial charge is 0.481 e. The SMILES string of the molecule is COC1CC(CC(=O)O)N(C(=O)CN2C(=O)CSc3ccccc32)C1. The molecule has 3 rings (SSSR count). The number of nitrogens with zero attached hydrogens (tertiary/aromatic N) is 2. The Morgan fingerprint density at radius 1 is 1.36 bits per heavy atom. The second-order valence-corrected chi connectivity index (χ2v) is 7.14. The second-order valence-electron chi connectivity index (χ2n) is 6.13. The lowest BCUT2D eigenvalue weighted by atomic mass is 10.1. The lowest BCUT2D eigenvalue weighted by molar-refractivity contribution is -0.140. The van der Waals surface area contributed by atoms with E-state index in [4.69, 9.17) is 9.84 Å². The molecular weight excluding hydrogens is 344 g/mol. The van der Waals surface area contributed by atoms with Crippen LogP contribution in [0.25, 0.3) is 0 Å². The molecule has 2 amide bonds. The molecule has 0 saturated carbocycles. The van der Waals surface area contributed by atoms with Crippen LogP contribution in [0, 0.1) is 0 Å². The zero-order chi connectivity index (χ0) is 18.0. The summed E-state index contributed by atoms with van der Waals surface area (Å²) >= 11 is 1.46. The van der Waals surface area contributed by atoms with Crippen molar-refractivity contribution in [1.29, 1.82) is 0 Å². The van der Waals surface area contributed by atoms with Crippen LogP contribution < -0.4 is 4.90 Å². The van der Waals surface area contributed by atoms with Crippen molar-refractivity contribution in [1.82, 2.24) is 4.90 Å². The normalized spacial score (nSPS) is 22.8. The van der Waals surface area contributed by atoms with Gasteiger partial charge in [-0.15, -0.1) is 11.8 Å². The summed E-state index contributed by atoms with van der Waals surface area (Å²) in [4.78, 5) is 40.2. The number of likely N-dealkylation sites (tertiary alicyclic amines) is 1. The molecule has 2 unspecified atom stereocenters. The number of thioether (sulfide) groups is 1. The van der Waals surface area contributed by atoms with E-state index in [0.29, 0.717) is 18.7 Å². The van der Waals surface area contributed by atoms with Crippen LogP contribution in [-0.4, -0.2) is 65.9 Å². The van der Waals surface area contributed by atoms with Gasteiger partial charge >= 0.3 is 5.97 Å². The Labute approximate surface area is 149 Å². The maximum absolute atomic E-state index is 12.8. The molecule has 1 aromatic rings. The maximum atomic E-state index is 12.8. The fourth-order valence-electron chi connectivity index (χ4n) is 3.30. The third-order valence-corrected chi connectivity index (χ3v) is 5.59. The minimum Gasteiger partial charge on any atom is -0.481 e. The highest BCUT2D eigenvalue weighted by atomic mass is 32.2. The third kappa shape index (κ3) is 3.80. The molecule has 2 aliphatic rings. The summed E-state index contributed by atoms with van der Waals surface area (Å²) in [5.74, 6) is -1.02. The number of aliphatic carboxylic acids is 1. The summed E-state index contributed by atoms with van der Waals surface area (Å²) in [7, 11) is 1.55. The molecule has 0 radical (unpaired) electrons. The lowest BCUT2D eigenvalue weighted by Gasteiger charge is -2.31. The predicted octanol–water partition coefficient (Wildman–Crippen LogP) is 1.22. The predicted molar refractivity (Wildman–Crippen MR) is 92.7 cm³/mol. The summed E-state index contributed by atoms with van der Waals surface area (Å²) < 4.78 is 5.30. The Hall–Kier alpha value is -2.06. The minimum atomic E-state index is -0.949. The van der Waals surface area contributed by atoms with Crippen molar-refractivity contribution in [2.45, 2.75) is 29.9 Å². The van der Waals surface area contributed by atoms with Gasteiger partial charge in [-0.1, -0.05) is 12.1 Å². The summed E-state index contributed by atoms with van der Waals surface area (Å²) in [5, 5.41) is 9.08. The van der Waals surface area contributed by atoms with E-state index in [1.165, 1.54) is 16.7 Å². The summed E-state index contributed by atoms with van der Waals surface area (Å²) in [6.07, 6.45) is 0.203. The molecule has 1 N–H and O–H groups in total. The molecule has 1 fully saturated rings. The molecular formula is C17H20N2O5S. The molecule has 1 aromatic carbocycles. The van der Waals surface area contributed by atoms with Gasteiger partial charge in [0.25, 0.3) is 0 Å². The van der Waals surface area contributed by atoms with Crippen molar-refractivity contribution < 1.29 is 24.2 Å². The van der Waals surface area contributed by atoms with Crippen LogP contribution in [0.3, 0.4) is 0 Å². The Morgan fingerprint density at radius 2 is 2.12 bits per heavy atom. The van der Waals surface area contributed by atoms with Gasteiger partial charge in [0.05, 0.1) is 24.0 Å². The first-order valence-corrected chi connectivity index (χ1v) is 9.04. The lowest BCUT2D eigenvalue weighted by Crippen LogP contribution is -2.47. The number of rotatable bonds is 5. The molecule has 0 bridgehead atoms. The summed E-state index contributed by atoms with van der Waals surface area (Å²) in [6.45, 7) is 0.272. The third-order valence-electron chi connectivity index (χ3n) is 4.54. The van der Waals surface area contributed by atoms with Gasteiger partial charge in [0.2, 0.25) is 11.8 Å². The van der Waals surface area contributed by atoms with Crippen molar-refractivity contribution in [3.63, 3.8) is 0 Å². The number of carbonyl (C=O) groups excluding carboxylic acids is 2. The first-order valence-electron chi connectivity index (χ1n) is 8.06. The van der Waals surface area contributed by atoms with Crippen LogP contribution in [-0.2, 0) is 19.1 Å². The molecule has 0 aromatic heterocycles. The maximum Gasteiger partial charge on any atom is 0.305 e. The molecule has 0 spiro atoms. The number of amides is 2.